The van der Waals surface area contributed by atoms with Crippen LogP contribution in [0.4, 0.5) is 5.69 Å². The topological polar surface area (TPSA) is 140 Å². The largest absolute Gasteiger partial charge is 0.461 e. The lowest BCUT2D eigenvalue weighted by molar-refractivity contribution is -0.385. The Labute approximate surface area is 132 Å². The van der Waals surface area contributed by atoms with Gasteiger partial charge in [-0.1, -0.05) is 0 Å². The molecule has 0 saturated heterocycles. The van der Waals surface area contributed by atoms with E-state index in [4.69, 9.17) is 9.29 Å². The van der Waals surface area contributed by atoms with Crippen molar-refractivity contribution in [2.24, 2.45) is 0 Å². The number of hydrogen-bond donors (Lipinski definition) is 2. The summed E-state index contributed by atoms with van der Waals surface area (Å²) in [5.74, 6) is -0.462. The molecule has 2 rings (SSSR count). The molecule has 0 bridgehead atoms. The lowest BCUT2D eigenvalue weighted by atomic mass is 10.1. The molecule has 0 radical (unpaired) electrons. The Bertz CT molecular complexity index is 831. The zero-order chi connectivity index (χ0) is 17.8. The van der Waals surface area contributed by atoms with Gasteiger partial charge < -0.3 is 9.72 Å². The van der Waals surface area contributed by atoms with Crippen LogP contribution in [-0.2, 0) is 14.9 Å². The molecule has 0 saturated carbocycles. The van der Waals surface area contributed by atoms with Crippen molar-refractivity contribution in [3.63, 3.8) is 0 Å². The van der Waals surface area contributed by atoms with Crippen molar-refractivity contribution in [1.29, 1.82) is 0 Å². The number of ether oxygens (including phenoxy) is 1. The number of nitrogens with zero attached hydrogens (tertiary/aromatic N) is 1. The third kappa shape index (κ3) is 5.34. The third-order valence-electron chi connectivity index (χ3n) is 2.72. The van der Waals surface area contributed by atoms with Crippen LogP contribution in [0.1, 0.15) is 23.0 Å². The standard InChI is InChI=1S/C12H12N2O4.CH4O3S/c1-3-18-12(15)9-6-8-4-5-10(14(16)17)7(2)11(8)13-9;1-5(2,3)4/h4-6,13H,3H2,1-2H3;1H3,(H,2,3,4). The Hall–Kier alpha value is -2.46. The zero-order valence-corrected chi connectivity index (χ0v) is 13.5. The number of aromatic amines is 1. The van der Waals surface area contributed by atoms with Crippen molar-refractivity contribution in [2.75, 3.05) is 12.9 Å². The molecule has 126 valence electrons. The number of fused-ring (bicyclic) bond motifs is 1. The molecule has 1 heterocycles. The molecule has 0 atom stereocenters. The second-order valence-corrected chi connectivity index (χ2v) is 6.03. The monoisotopic (exact) mass is 344 g/mol. The molecule has 0 fully saturated rings. The zero-order valence-electron chi connectivity index (χ0n) is 12.7. The van der Waals surface area contributed by atoms with Gasteiger partial charge in [-0.15, -0.1) is 0 Å². The van der Waals surface area contributed by atoms with Crippen LogP contribution in [0, 0.1) is 17.0 Å². The quantitative estimate of drug-likeness (QED) is 0.376. The maximum atomic E-state index is 11.6. The molecule has 2 N–H and O–H groups in total. The minimum atomic E-state index is -3.67. The van der Waals surface area contributed by atoms with Gasteiger partial charge in [0.25, 0.3) is 15.8 Å². The first-order valence-electron chi connectivity index (χ1n) is 6.40. The van der Waals surface area contributed by atoms with Crippen LogP contribution in [0.25, 0.3) is 10.9 Å². The number of aromatic nitrogens is 1. The summed E-state index contributed by atoms with van der Waals surface area (Å²) in [6, 6.07) is 4.67. The van der Waals surface area contributed by atoms with Crippen LogP contribution in [-0.4, -0.2) is 41.7 Å². The second-order valence-electron chi connectivity index (χ2n) is 4.57. The van der Waals surface area contributed by atoms with Gasteiger partial charge in [-0.05, 0) is 26.0 Å². The summed E-state index contributed by atoms with van der Waals surface area (Å²) in [6.07, 6.45) is 0.715. The number of carbonyl (C=O) groups excluding carboxylic acids is 1. The molecule has 0 spiro atoms. The molecule has 0 unspecified atom stereocenters. The van der Waals surface area contributed by atoms with Crippen molar-refractivity contribution in [2.45, 2.75) is 13.8 Å². The van der Waals surface area contributed by atoms with E-state index in [1.165, 1.54) is 6.07 Å². The number of esters is 1. The molecule has 1 aromatic heterocycles. The SMILES string of the molecule is CCOC(=O)c1cc2ccc([N+](=O)[O-])c(C)c2[nH]1.CS(=O)(=O)O. The van der Waals surface area contributed by atoms with E-state index in [1.807, 2.05) is 0 Å². The van der Waals surface area contributed by atoms with Crippen LogP contribution < -0.4 is 0 Å². The van der Waals surface area contributed by atoms with Crippen LogP contribution >= 0.6 is 0 Å². The van der Waals surface area contributed by atoms with E-state index in [0.29, 0.717) is 23.0 Å². The average molecular weight is 344 g/mol. The summed E-state index contributed by atoms with van der Waals surface area (Å²) in [4.78, 5) is 24.8. The fraction of sp³-hybridized carbons (Fsp3) is 0.308. The van der Waals surface area contributed by atoms with Gasteiger partial charge in [-0.25, -0.2) is 4.79 Å². The van der Waals surface area contributed by atoms with Crippen molar-refractivity contribution in [3.8, 4) is 0 Å². The van der Waals surface area contributed by atoms with Gasteiger partial charge in [-0.3, -0.25) is 14.7 Å². The summed E-state index contributed by atoms with van der Waals surface area (Å²) in [5.41, 5.74) is 1.43. The fourth-order valence-electron chi connectivity index (χ4n) is 1.85. The van der Waals surface area contributed by atoms with E-state index in [1.54, 1.807) is 26.0 Å². The minimum Gasteiger partial charge on any atom is -0.461 e. The number of carbonyl (C=O) groups is 1. The van der Waals surface area contributed by atoms with E-state index in [9.17, 15) is 23.3 Å². The molecule has 0 aliphatic heterocycles. The Balaban J connectivity index is 0.000000463. The lowest BCUT2D eigenvalue weighted by Gasteiger charge is -1.98. The first-order valence-corrected chi connectivity index (χ1v) is 8.25. The van der Waals surface area contributed by atoms with Crippen LogP contribution in [0.5, 0.6) is 0 Å². The Morgan fingerprint density at radius 1 is 1.43 bits per heavy atom. The number of hydrogen-bond acceptors (Lipinski definition) is 6. The fourth-order valence-corrected chi connectivity index (χ4v) is 1.85. The molecule has 0 aliphatic carbocycles. The molecular formula is C13H16N2O7S. The van der Waals surface area contributed by atoms with Crippen LogP contribution in [0.2, 0.25) is 0 Å². The predicted molar refractivity (Wildman–Crippen MR) is 83.1 cm³/mol. The highest BCUT2D eigenvalue weighted by molar-refractivity contribution is 7.85. The highest BCUT2D eigenvalue weighted by Crippen LogP contribution is 2.27. The van der Waals surface area contributed by atoms with Gasteiger partial charge in [0.1, 0.15) is 5.69 Å². The van der Waals surface area contributed by atoms with Gasteiger partial charge in [-0.2, -0.15) is 8.42 Å². The predicted octanol–water partition coefficient (Wildman–Crippen LogP) is 2.07. The van der Waals surface area contributed by atoms with Gasteiger partial charge in [0.2, 0.25) is 0 Å². The van der Waals surface area contributed by atoms with E-state index in [2.05, 4.69) is 4.98 Å². The number of aryl methyl sites for hydroxylation is 1. The second kappa shape index (κ2) is 7.20. The molecule has 1 aromatic carbocycles. The summed E-state index contributed by atoms with van der Waals surface area (Å²) in [5, 5.41) is 11.6. The molecular weight excluding hydrogens is 328 g/mol. The average Bonchev–Trinajstić information content (AvgIpc) is 2.82. The van der Waals surface area contributed by atoms with E-state index >= 15 is 0 Å². The Kier molecular flexibility index (Phi) is 5.82. The van der Waals surface area contributed by atoms with Crippen LogP contribution in [0.15, 0.2) is 18.2 Å². The molecule has 10 heteroatoms. The van der Waals surface area contributed by atoms with Gasteiger partial charge >= 0.3 is 5.97 Å². The number of nitro benzene ring substituents is 1. The molecule has 0 aliphatic rings. The van der Waals surface area contributed by atoms with Crippen molar-refractivity contribution in [3.05, 3.63) is 39.6 Å². The molecule has 9 nitrogen and oxygen atoms in total. The Morgan fingerprint density at radius 3 is 2.48 bits per heavy atom. The van der Waals surface area contributed by atoms with Crippen molar-refractivity contribution in [1.82, 2.24) is 4.98 Å². The van der Waals surface area contributed by atoms with Crippen molar-refractivity contribution < 1.29 is 27.4 Å². The number of nitrogens with one attached hydrogen (secondary N) is 1. The number of H-pyrrole nitrogens is 1. The molecule has 0 amide bonds. The normalized spacial score (nSPS) is 10.8. The molecule has 23 heavy (non-hydrogen) atoms. The summed E-state index contributed by atoms with van der Waals surface area (Å²) < 4.78 is 30.7. The summed E-state index contributed by atoms with van der Waals surface area (Å²) in [7, 11) is -3.67. The summed E-state index contributed by atoms with van der Waals surface area (Å²) >= 11 is 0. The highest BCUT2D eigenvalue weighted by Gasteiger charge is 2.17. The molecule has 2 aromatic rings. The number of benzene rings is 1. The van der Waals surface area contributed by atoms with E-state index in [0.717, 1.165) is 5.39 Å². The first kappa shape index (κ1) is 18.6. The minimum absolute atomic E-state index is 0.0276. The maximum absolute atomic E-state index is 11.6. The summed E-state index contributed by atoms with van der Waals surface area (Å²) in [6.45, 7) is 3.65. The first-order chi connectivity index (χ1) is 10.5. The van der Waals surface area contributed by atoms with Gasteiger partial charge in [0.05, 0.1) is 28.9 Å². The number of rotatable bonds is 3. The van der Waals surface area contributed by atoms with Gasteiger partial charge in [0, 0.05) is 11.5 Å². The van der Waals surface area contributed by atoms with E-state index in [-0.39, 0.29) is 12.3 Å². The van der Waals surface area contributed by atoms with Gasteiger partial charge in [0.15, 0.2) is 0 Å². The van der Waals surface area contributed by atoms with Crippen LogP contribution in [0.3, 0.4) is 0 Å². The lowest BCUT2D eigenvalue weighted by Crippen LogP contribution is -2.04. The third-order valence-corrected chi connectivity index (χ3v) is 2.72. The highest BCUT2D eigenvalue weighted by atomic mass is 32.2. The Morgan fingerprint density at radius 2 is 2.00 bits per heavy atom. The maximum Gasteiger partial charge on any atom is 0.354 e. The smallest absolute Gasteiger partial charge is 0.354 e. The number of nitro groups is 1. The van der Waals surface area contributed by atoms with E-state index < -0.39 is 21.0 Å². The van der Waals surface area contributed by atoms with Crippen molar-refractivity contribution >= 4 is 32.7 Å².